The molecule has 3 heterocycles. The quantitative estimate of drug-likeness (QED) is 0.791. The molecule has 24 heavy (non-hydrogen) atoms. The summed E-state index contributed by atoms with van der Waals surface area (Å²) in [5, 5.41) is 13.4. The van der Waals surface area contributed by atoms with E-state index in [0.717, 1.165) is 18.5 Å². The molecule has 7 nitrogen and oxygen atoms in total. The fourth-order valence-corrected chi connectivity index (χ4v) is 3.13. The summed E-state index contributed by atoms with van der Waals surface area (Å²) >= 11 is 0. The zero-order valence-corrected chi connectivity index (χ0v) is 12.9. The summed E-state index contributed by atoms with van der Waals surface area (Å²) in [6.45, 7) is 1.17. The molecule has 0 radical (unpaired) electrons. The van der Waals surface area contributed by atoms with Crippen molar-refractivity contribution < 1.29 is 14.4 Å². The highest BCUT2D eigenvalue weighted by molar-refractivity contribution is 5.93. The van der Waals surface area contributed by atoms with Gasteiger partial charge >= 0.3 is 5.97 Å². The number of nitrogens with zero attached hydrogens (tertiary/aromatic N) is 4. The predicted molar refractivity (Wildman–Crippen MR) is 87.6 cm³/mol. The molecule has 0 spiro atoms. The second kappa shape index (κ2) is 5.92. The molecular formula is C17H16N4O3. The summed E-state index contributed by atoms with van der Waals surface area (Å²) in [6, 6.07) is 9.69. The summed E-state index contributed by atoms with van der Waals surface area (Å²) in [7, 11) is 0. The average molecular weight is 324 g/mol. The smallest absolute Gasteiger partial charge is 0.308 e. The zero-order chi connectivity index (χ0) is 16.5. The predicted octanol–water partition coefficient (Wildman–Crippen LogP) is 2.59. The molecule has 4 rings (SSSR count). The molecule has 1 aromatic carbocycles. The molecule has 1 aliphatic heterocycles. The number of aliphatic carboxylic acids is 1. The van der Waals surface area contributed by atoms with Crippen LogP contribution >= 0.6 is 0 Å². The number of hydrogen-bond donors (Lipinski definition) is 1. The van der Waals surface area contributed by atoms with Crippen molar-refractivity contribution in [3.8, 4) is 11.3 Å². The van der Waals surface area contributed by atoms with Gasteiger partial charge in [-0.25, -0.2) is 9.97 Å². The van der Waals surface area contributed by atoms with Crippen molar-refractivity contribution in [3.63, 3.8) is 0 Å². The first-order valence-corrected chi connectivity index (χ1v) is 7.87. The van der Waals surface area contributed by atoms with Crippen LogP contribution in [-0.4, -0.2) is 39.3 Å². The van der Waals surface area contributed by atoms with Crippen LogP contribution in [0.3, 0.4) is 0 Å². The fourth-order valence-electron chi connectivity index (χ4n) is 3.13. The number of carbonyl (C=O) groups is 1. The minimum atomic E-state index is -0.771. The standard InChI is InChI=1S/C17H16N4O3/c22-17(23)12-7-4-8-21(9-12)16-15-14(18-10-19-16)13(20-24-15)11-5-2-1-3-6-11/h1-3,5-6,10,12H,4,7-9H2,(H,22,23)/t12-/m0/s1. The Bertz CT molecular complexity index is 878. The summed E-state index contributed by atoms with van der Waals surface area (Å²) in [4.78, 5) is 21.9. The van der Waals surface area contributed by atoms with Crippen LogP contribution in [-0.2, 0) is 4.79 Å². The molecule has 1 N–H and O–H groups in total. The largest absolute Gasteiger partial charge is 0.481 e. The minimum absolute atomic E-state index is 0.389. The van der Waals surface area contributed by atoms with Crippen LogP contribution in [0.15, 0.2) is 41.2 Å². The number of carboxylic acid groups (broad SMARTS) is 1. The molecule has 7 heteroatoms. The number of rotatable bonds is 3. The fraction of sp³-hybridized carbons (Fsp3) is 0.294. The van der Waals surface area contributed by atoms with E-state index in [9.17, 15) is 9.90 Å². The topological polar surface area (TPSA) is 92.3 Å². The van der Waals surface area contributed by atoms with Gasteiger partial charge in [-0.05, 0) is 12.8 Å². The molecule has 0 aliphatic carbocycles. The Morgan fingerprint density at radius 1 is 1.25 bits per heavy atom. The van der Waals surface area contributed by atoms with E-state index in [-0.39, 0.29) is 5.92 Å². The maximum absolute atomic E-state index is 11.3. The van der Waals surface area contributed by atoms with Crippen molar-refractivity contribution >= 4 is 22.9 Å². The minimum Gasteiger partial charge on any atom is -0.481 e. The van der Waals surface area contributed by atoms with Crippen LogP contribution in [0.2, 0.25) is 0 Å². The van der Waals surface area contributed by atoms with Crippen LogP contribution in [0, 0.1) is 5.92 Å². The lowest BCUT2D eigenvalue weighted by molar-refractivity contribution is -0.141. The molecule has 122 valence electrons. The first kappa shape index (κ1) is 14.6. The molecule has 0 saturated carbocycles. The highest BCUT2D eigenvalue weighted by Gasteiger charge is 2.28. The van der Waals surface area contributed by atoms with E-state index in [1.165, 1.54) is 6.33 Å². The van der Waals surface area contributed by atoms with Gasteiger partial charge in [-0.1, -0.05) is 35.5 Å². The van der Waals surface area contributed by atoms with Crippen molar-refractivity contribution in [2.75, 3.05) is 18.0 Å². The highest BCUT2D eigenvalue weighted by Crippen LogP contribution is 2.32. The highest BCUT2D eigenvalue weighted by atomic mass is 16.5. The number of piperidine rings is 1. The molecule has 0 unspecified atom stereocenters. The Morgan fingerprint density at radius 2 is 2.08 bits per heavy atom. The van der Waals surface area contributed by atoms with Crippen molar-refractivity contribution in [1.29, 1.82) is 0 Å². The Labute approximate surface area is 137 Å². The third kappa shape index (κ3) is 2.47. The van der Waals surface area contributed by atoms with E-state index in [0.29, 0.717) is 35.6 Å². The van der Waals surface area contributed by atoms with E-state index in [1.807, 2.05) is 35.2 Å². The number of fused-ring (bicyclic) bond motifs is 1. The maximum Gasteiger partial charge on any atom is 0.308 e. The van der Waals surface area contributed by atoms with E-state index in [2.05, 4.69) is 15.1 Å². The van der Waals surface area contributed by atoms with Gasteiger partial charge in [-0.3, -0.25) is 4.79 Å². The van der Waals surface area contributed by atoms with Gasteiger partial charge in [0.15, 0.2) is 5.82 Å². The average Bonchev–Trinajstić information content (AvgIpc) is 3.06. The summed E-state index contributed by atoms with van der Waals surface area (Å²) in [5.74, 6) is -0.548. The van der Waals surface area contributed by atoms with Gasteiger partial charge in [0, 0.05) is 18.7 Å². The van der Waals surface area contributed by atoms with Crippen molar-refractivity contribution in [1.82, 2.24) is 15.1 Å². The van der Waals surface area contributed by atoms with Gasteiger partial charge in [0.1, 0.15) is 17.5 Å². The van der Waals surface area contributed by atoms with Gasteiger partial charge in [0.2, 0.25) is 5.58 Å². The molecular weight excluding hydrogens is 308 g/mol. The maximum atomic E-state index is 11.3. The van der Waals surface area contributed by atoms with E-state index >= 15 is 0 Å². The number of carboxylic acids is 1. The molecule has 1 atom stereocenters. The van der Waals surface area contributed by atoms with Gasteiger partial charge in [0.25, 0.3) is 0 Å². The first-order chi connectivity index (χ1) is 11.7. The third-order valence-electron chi connectivity index (χ3n) is 4.35. The number of anilines is 1. The summed E-state index contributed by atoms with van der Waals surface area (Å²) in [6.07, 6.45) is 2.97. The Balaban J connectivity index is 1.75. The Hall–Kier alpha value is -2.96. The number of aromatic nitrogens is 3. The van der Waals surface area contributed by atoms with Crippen molar-refractivity contribution in [3.05, 3.63) is 36.7 Å². The lowest BCUT2D eigenvalue weighted by Gasteiger charge is -2.31. The summed E-state index contributed by atoms with van der Waals surface area (Å²) < 4.78 is 5.52. The molecule has 3 aromatic rings. The van der Waals surface area contributed by atoms with E-state index in [4.69, 9.17) is 4.52 Å². The second-order valence-electron chi connectivity index (χ2n) is 5.90. The van der Waals surface area contributed by atoms with Gasteiger partial charge in [-0.15, -0.1) is 0 Å². The Morgan fingerprint density at radius 3 is 2.88 bits per heavy atom. The Kier molecular flexibility index (Phi) is 3.60. The van der Waals surface area contributed by atoms with Gasteiger partial charge in [0.05, 0.1) is 5.92 Å². The molecule has 1 saturated heterocycles. The second-order valence-corrected chi connectivity index (χ2v) is 5.90. The third-order valence-corrected chi connectivity index (χ3v) is 4.35. The lowest BCUT2D eigenvalue weighted by Crippen LogP contribution is -2.39. The summed E-state index contributed by atoms with van der Waals surface area (Å²) in [5.41, 5.74) is 2.73. The van der Waals surface area contributed by atoms with E-state index in [1.54, 1.807) is 0 Å². The van der Waals surface area contributed by atoms with Crippen LogP contribution < -0.4 is 4.90 Å². The molecule has 1 fully saturated rings. The SMILES string of the molecule is O=C(O)[C@H]1CCCN(c2ncnc3c(-c4ccccc4)noc23)C1. The van der Waals surface area contributed by atoms with Crippen molar-refractivity contribution in [2.24, 2.45) is 5.92 Å². The van der Waals surface area contributed by atoms with Crippen LogP contribution in [0.4, 0.5) is 5.82 Å². The lowest BCUT2D eigenvalue weighted by atomic mass is 9.98. The number of hydrogen-bond acceptors (Lipinski definition) is 6. The molecule has 1 aliphatic rings. The normalized spacial score (nSPS) is 18.0. The van der Waals surface area contributed by atoms with Crippen LogP contribution in [0.1, 0.15) is 12.8 Å². The monoisotopic (exact) mass is 324 g/mol. The van der Waals surface area contributed by atoms with Crippen LogP contribution in [0.25, 0.3) is 22.4 Å². The van der Waals surface area contributed by atoms with Crippen molar-refractivity contribution in [2.45, 2.75) is 12.8 Å². The van der Waals surface area contributed by atoms with Gasteiger partial charge < -0.3 is 14.5 Å². The van der Waals surface area contributed by atoms with Crippen LogP contribution in [0.5, 0.6) is 0 Å². The molecule has 2 aromatic heterocycles. The molecule has 0 amide bonds. The van der Waals surface area contributed by atoms with Gasteiger partial charge in [-0.2, -0.15) is 0 Å². The zero-order valence-electron chi connectivity index (χ0n) is 12.9. The number of benzene rings is 1. The first-order valence-electron chi connectivity index (χ1n) is 7.87. The molecule has 0 bridgehead atoms. The van der Waals surface area contributed by atoms with E-state index < -0.39 is 5.97 Å².